The second-order valence-electron chi connectivity index (χ2n) is 7.84. The third-order valence-electron chi connectivity index (χ3n) is 5.82. The lowest BCUT2D eigenvalue weighted by Crippen LogP contribution is -2.46. The minimum absolute atomic E-state index is 0.233. The number of nitrogen functional groups attached to an aromatic ring is 1. The molecule has 0 unspecified atom stereocenters. The number of nitrogens with one attached hydrogen (secondary N) is 1. The molecule has 5 nitrogen and oxygen atoms in total. The normalized spacial score (nSPS) is 17.1. The molecule has 0 spiro atoms. The van der Waals surface area contributed by atoms with Crippen molar-refractivity contribution >= 4 is 35.9 Å². The molecule has 0 saturated carbocycles. The summed E-state index contributed by atoms with van der Waals surface area (Å²) in [6.45, 7) is 3.48. The number of nitrogens with zero attached hydrogens (tertiary/aromatic N) is 2. The number of aryl methyl sites for hydroxylation is 1. The average Bonchev–Trinajstić information content (AvgIpc) is 2.73. The summed E-state index contributed by atoms with van der Waals surface area (Å²) in [6.07, 6.45) is 5.82. The highest BCUT2D eigenvalue weighted by molar-refractivity contribution is 6.64. The van der Waals surface area contributed by atoms with Crippen molar-refractivity contribution in [1.82, 2.24) is 9.79 Å². The van der Waals surface area contributed by atoms with Crippen molar-refractivity contribution in [3.05, 3.63) is 54.0 Å². The molecule has 3 aromatic rings. The highest BCUT2D eigenvalue weighted by Gasteiger charge is 2.22. The van der Waals surface area contributed by atoms with E-state index >= 15 is 0 Å². The molecule has 2 aromatic carbocycles. The largest absolute Gasteiger partial charge is 0.384 e. The Bertz CT molecular complexity index is 1050. The molecule has 0 bridgehead atoms. The topological polar surface area (TPSA) is 71.2 Å². The highest BCUT2D eigenvalue weighted by atomic mass is 19.1. The van der Waals surface area contributed by atoms with Crippen LogP contribution in [0.1, 0.15) is 24.8 Å². The zero-order valence-corrected chi connectivity index (χ0v) is 17.1. The maximum absolute atomic E-state index is 14.6. The maximum Gasteiger partial charge on any atom is 0.293 e. The Morgan fingerprint density at radius 1 is 1.33 bits per heavy atom. The number of piperidine rings is 1. The van der Waals surface area contributed by atoms with Crippen molar-refractivity contribution in [1.29, 1.82) is 0 Å². The van der Waals surface area contributed by atoms with Gasteiger partial charge in [0.2, 0.25) is 0 Å². The van der Waals surface area contributed by atoms with Gasteiger partial charge in [0.05, 0.1) is 6.19 Å². The van der Waals surface area contributed by atoms with Gasteiger partial charge in [-0.1, -0.05) is 18.6 Å². The van der Waals surface area contributed by atoms with E-state index in [1.54, 1.807) is 19.7 Å². The van der Waals surface area contributed by atoms with Crippen LogP contribution in [0.5, 0.6) is 0 Å². The van der Waals surface area contributed by atoms with E-state index in [0.29, 0.717) is 17.9 Å². The van der Waals surface area contributed by atoms with Gasteiger partial charge in [0.25, 0.3) is 7.41 Å². The van der Waals surface area contributed by atoms with E-state index in [0.717, 1.165) is 59.6 Å². The molecule has 1 fully saturated rings. The number of pyridine rings is 1. The molecule has 7 heteroatoms. The third-order valence-corrected chi connectivity index (χ3v) is 5.82. The summed E-state index contributed by atoms with van der Waals surface area (Å²) in [6, 6.07) is 11.1. The van der Waals surface area contributed by atoms with E-state index in [1.165, 1.54) is 6.07 Å². The molecule has 1 radical (unpaired) electrons. The van der Waals surface area contributed by atoms with E-state index in [-0.39, 0.29) is 11.9 Å². The molecular weight excluding hydrogens is 378 g/mol. The number of hydrogen-bond donors (Lipinski definition) is 2. The molecule has 1 atom stereocenters. The van der Waals surface area contributed by atoms with Gasteiger partial charge < -0.3 is 20.7 Å². The zero-order valence-electron chi connectivity index (χ0n) is 17.1. The SMILES string of the molecule is Cc1cccc(F)c1-c1cc(NC[C@@H]2CCCCN2[B]C=O)c2cc(N)ncc2c1. The first-order valence-electron chi connectivity index (χ1n) is 10.3. The molecule has 30 heavy (non-hydrogen) atoms. The molecule has 1 saturated heterocycles. The molecule has 153 valence electrons. The summed E-state index contributed by atoms with van der Waals surface area (Å²) in [5.41, 5.74) is 9.09. The Kier molecular flexibility index (Phi) is 5.99. The minimum Gasteiger partial charge on any atom is -0.384 e. The van der Waals surface area contributed by atoms with Gasteiger partial charge in [0.15, 0.2) is 0 Å². The number of nitrogens with two attached hydrogens (primary N) is 1. The number of aromatic nitrogens is 1. The van der Waals surface area contributed by atoms with E-state index in [9.17, 15) is 9.18 Å². The molecule has 4 rings (SSSR count). The number of benzene rings is 2. The fraction of sp³-hybridized carbons (Fsp3) is 0.304. The van der Waals surface area contributed by atoms with Crippen LogP contribution >= 0.6 is 0 Å². The van der Waals surface area contributed by atoms with Crippen LogP contribution in [-0.4, -0.2) is 42.5 Å². The summed E-state index contributed by atoms with van der Waals surface area (Å²) in [5.74, 6) is 0.191. The zero-order chi connectivity index (χ0) is 21.1. The smallest absolute Gasteiger partial charge is 0.293 e. The molecule has 2 heterocycles. The number of carbonyl (C=O) groups is 1. The van der Waals surface area contributed by atoms with Gasteiger partial charge in [-0.05, 0) is 61.7 Å². The quantitative estimate of drug-likeness (QED) is 0.481. The standard InChI is InChI=1S/C23H25BFN4O/c1-15-5-4-7-20(25)23(15)16-9-17-12-28-22(26)11-19(17)21(10-16)27-13-18-6-2-3-8-29(18)24-14-30/h4-5,7,9-12,14,18,27H,2-3,6,8,13H2,1H3,(H2,26,28)/t18-/m0/s1. The van der Waals surface area contributed by atoms with Crippen LogP contribution in [-0.2, 0) is 4.79 Å². The number of hydrogen-bond acceptors (Lipinski definition) is 5. The first-order chi connectivity index (χ1) is 14.6. The fourth-order valence-electron chi connectivity index (χ4n) is 4.31. The van der Waals surface area contributed by atoms with E-state index in [1.807, 2.05) is 31.2 Å². The van der Waals surface area contributed by atoms with E-state index in [4.69, 9.17) is 5.73 Å². The average molecular weight is 403 g/mol. The molecule has 1 aromatic heterocycles. The van der Waals surface area contributed by atoms with Gasteiger partial charge in [-0.15, -0.1) is 0 Å². The molecule has 1 aliphatic heterocycles. The monoisotopic (exact) mass is 403 g/mol. The maximum atomic E-state index is 14.6. The fourth-order valence-corrected chi connectivity index (χ4v) is 4.31. The van der Waals surface area contributed by atoms with Gasteiger partial charge >= 0.3 is 0 Å². The molecule has 1 aliphatic rings. The number of anilines is 2. The summed E-state index contributed by atoms with van der Waals surface area (Å²) in [5, 5.41) is 5.38. The summed E-state index contributed by atoms with van der Waals surface area (Å²) >= 11 is 0. The summed E-state index contributed by atoms with van der Waals surface area (Å²) in [4.78, 5) is 17.3. The van der Waals surface area contributed by atoms with Crippen molar-refractivity contribution in [2.45, 2.75) is 32.2 Å². The van der Waals surface area contributed by atoms with Gasteiger partial charge in [-0.3, -0.25) is 0 Å². The minimum atomic E-state index is -0.247. The molecule has 0 amide bonds. The molecule has 3 N–H and O–H groups in total. The predicted octanol–water partition coefficient (Wildman–Crippen LogP) is 4.01. The summed E-state index contributed by atoms with van der Waals surface area (Å²) < 4.78 is 14.6. The van der Waals surface area contributed by atoms with Crippen molar-refractivity contribution in [3.8, 4) is 11.1 Å². The van der Waals surface area contributed by atoms with Crippen molar-refractivity contribution in [3.63, 3.8) is 0 Å². The van der Waals surface area contributed by atoms with Crippen molar-refractivity contribution < 1.29 is 9.18 Å². The molecule has 0 aliphatic carbocycles. The lowest BCUT2D eigenvalue weighted by atomic mass is 9.86. The number of fused-ring (bicyclic) bond motifs is 1. The van der Waals surface area contributed by atoms with Crippen LogP contribution in [0.3, 0.4) is 0 Å². The van der Waals surface area contributed by atoms with Gasteiger partial charge in [-0.2, -0.15) is 0 Å². The second kappa shape index (κ2) is 8.84. The lowest BCUT2D eigenvalue weighted by Gasteiger charge is -2.34. The van der Waals surface area contributed by atoms with Crippen LogP contribution in [0.15, 0.2) is 42.6 Å². The molecular formula is C23H25BFN4O. The second-order valence-corrected chi connectivity index (χ2v) is 7.84. The van der Waals surface area contributed by atoms with Gasteiger partial charge in [0.1, 0.15) is 11.6 Å². The van der Waals surface area contributed by atoms with Crippen LogP contribution in [0.4, 0.5) is 15.9 Å². The number of carbonyl (C=O) groups excluding carboxylic acids is 1. The third kappa shape index (κ3) is 4.16. The number of halogens is 1. The van der Waals surface area contributed by atoms with Crippen molar-refractivity contribution in [2.24, 2.45) is 0 Å². The van der Waals surface area contributed by atoms with Crippen LogP contribution in [0.2, 0.25) is 0 Å². The van der Waals surface area contributed by atoms with Crippen LogP contribution in [0, 0.1) is 12.7 Å². The first kappa shape index (κ1) is 20.4. The van der Waals surface area contributed by atoms with Gasteiger partial charge in [-0.25, -0.2) is 9.37 Å². The Hall–Kier alpha value is -2.93. The lowest BCUT2D eigenvalue weighted by molar-refractivity contribution is 0.269. The Morgan fingerprint density at radius 2 is 2.20 bits per heavy atom. The predicted molar refractivity (Wildman–Crippen MR) is 122 cm³/mol. The van der Waals surface area contributed by atoms with Crippen LogP contribution in [0.25, 0.3) is 21.9 Å². The summed E-state index contributed by atoms with van der Waals surface area (Å²) in [7, 11) is 1.63. The van der Waals surface area contributed by atoms with Crippen LogP contribution < -0.4 is 11.1 Å². The highest BCUT2D eigenvalue weighted by Crippen LogP contribution is 2.34. The Morgan fingerprint density at radius 3 is 3.00 bits per heavy atom. The Balaban J connectivity index is 1.72. The van der Waals surface area contributed by atoms with Crippen molar-refractivity contribution in [2.75, 3.05) is 24.1 Å². The number of rotatable bonds is 6. The van der Waals surface area contributed by atoms with E-state index in [2.05, 4.69) is 15.1 Å². The first-order valence-corrected chi connectivity index (χ1v) is 10.3. The van der Waals surface area contributed by atoms with Gasteiger partial charge in [0, 0.05) is 40.8 Å². The van der Waals surface area contributed by atoms with E-state index < -0.39 is 0 Å². The Labute approximate surface area is 176 Å².